The van der Waals surface area contributed by atoms with E-state index in [4.69, 9.17) is 0 Å². The Labute approximate surface area is 128 Å². The largest absolute Gasteiger partial charge is 0.348 e. The molecular weight excluding hydrogens is 260 g/mol. The van der Waals surface area contributed by atoms with Crippen molar-refractivity contribution in [2.24, 2.45) is 0 Å². The highest BCUT2D eigenvalue weighted by Gasteiger charge is 2.08. The van der Waals surface area contributed by atoms with E-state index in [2.05, 4.69) is 24.1 Å². The van der Waals surface area contributed by atoms with Gasteiger partial charge >= 0.3 is 0 Å². The van der Waals surface area contributed by atoms with Gasteiger partial charge < -0.3 is 5.32 Å². The monoisotopic (exact) mass is 286 g/mol. The summed E-state index contributed by atoms with van der Waals surface area (Å²) in [5, 5.41) is 2.90. The smallest absolute Gasteiger partial charge is 0.253 e. The van der Waals surface area contributed by atoms with E-state index in [1.165, 1.54) is 12.0 Å². The van der Waals surface area contributed by atoms with Gasteiger partial charge in [-0.25, -0.2) is 0 Å². The summed E-state index contributed by atoms with van der Waals surface area (Å²) in [6.45, 7) is 8.66. The summed E-state index contributed by atoms with van der Waals surface area (Å²) in [6, 6.07) is 11.7. The topological polar surface area (TPSA) is 42.0 Å². The van der Waals surface area contributed by atoms with Crippen LogP contribution in [0.25, 0.3) is 0 Å². The van der Waals surface area contributed by atoms with Crippen LogP contribution in [0.1, 0.15) is 48.9 Å². The number of hydrogen-bond donors (Lipinski definition) is 1. The van der Waals surface area contributed by atoms with Crippen LogP contribution in [-0.2, 0) is 6.54 Å². The van der Waals surface area contributed by atoms with Gasteiger partial charge in [-0.1, -0.05) is 50.1 Å². The van der Waals surface area contributed by atoms with Gasteiger partial charge in [0.2, 0.25) is 0 Å². The predicted octanol–water partition coefficient (Wildman–Crippen LogP) is 4.29. The van der Waals surface area contributed by atoms with Crippen molar-refractivity contribution < 1.29 is 6.22 Å². The first-order chi connectivity index (χ1) is 10.1. The zero-order chi connectivity index (χ0) is 15.7. The molecule has 3 heteroatoms. The molecule has 1 heterocycles. The second-order valence-electron chi connectivity index (χ2n) is 5.01. The Morgan fingerprint density at radius 3 is 2.33 bits per heavy atom. The maximum absolute atomic E-state index is 12.0. The molecule has 0 aliphatic rings. The Morgan fingerprint density at radius 1 is 1.14 bits per heavy atom. The van der Waals surface area contributed by atoms with E-state index in [1.54, 1.807) is 18.3 Å². The van der Waals surface area contributed by atoms with Crippen LogP contribution in [0.4, 0.5) is 0 Å². The molecule has 0 saturated carbocycles. The zero-order valence-corrected chi connectivity index (χ0v) is 13.3. The highest BCUT2D eigenvalue weighted by molar-refractivity contribution is 5.95. The molecule has 0 bridgehead atoms. The van der Waals surface area contributed by atoms with Gasteiger partial charge in [-0.05, 0) is 31.5 Å². The molecule has 0 spiro atoms. The van der Waals surface area contributed by atoms with Crippen molar-refractivity contribution in [2.75, 3.05) is 0 Å². The molecule has 0 radical (unpaired) electrons. The maximum Gasteiger partial charge on any atom is 0.253 e. The van der Waals surface area contributed by atoms with Crippen LogP contribution < -0.4 is 5.32 Å². The van der Waals surface area contributed by atoms with E-state index in [0.717, 1.165) is 11.3 Å². The Hall–Kier alpha value is -2.16. The Bertz CT molecular complexity index is 568. The summed E-state index contributed by atoms with van der Waals surface area (Å²) < 4.78 is 0. The molecule has 0 fully saturated rings. The summed E-state index contributed by atoms with van der Waals surface area (Å²) in [5.41, 5.74) is 3.69. The highest BCUT2D eigenvalue weighted by atomic mass is 16.1. The number of carbonyl (C=O) groups is 1. The third kappa shape index (κ3) is 5.78. The van der Waals surface area contributed by atoms with E-state index in [-0.39, 0.29) is 7.33 Å². The summed E-state index contributed by atoms with van der Waals surface area (Å²) in [4.78, 5) is 16.1. The fourth-order valence-electron chi connectivity index (χ4n) is 1.71. The van der Waals surface area contributed by atoms with E-state index < -0.39 is 0 Å². The SMILES string of the molecule is CCC.Cc1ccc(CNC(=O)c2cccnc2C)cc1.[HH]. The number of nitrogens with one attached hydrogen (secondary N) is 1. The standard InChI is InChI=1S/C15H16N2O.C3H8.H2/c1-11-5-7-13(8-6-11)10-17-15(18)14-4-3-9-16-12(14)2;1-3-2;/h3-9H,10H2,1-2H3,(H,17,18);3H2,1-2H3;1H. The molecule has 0 aliphatic carbocycles. The van der Waals surface area contributed by atoms with Crippen molar-refractivity contribution in [2.45, 2.75) is 40.7 Å². The minimum absolute atomic E-state index is 0. The minimum atomic E-state index is -0.0822. The molecule has 3 nitrogen and oxygen atoms in total. The molecule has 0 unspecified atom stereocenters. The van der Waals surface area contributed by atoms with E-state index in [1.807, 2.05) is 38.1 Å². The second kappa shape index (κ2) is 8.90. The molecule has 0 saturated heterocycles. The lowest BCUT2D eigenvalue weighted by molar-refractivity contribution is 0.0950. The predicted molar refractivity (Wildman–Crippen MR) is 89.4 cm³/mol. The first-order valence-electron chi connectivity index (χ1n) is 7.33. The normalized spacial score (nSPS) is 9.52. The molecule has 2 aromatic rings. The number of aryl methyl sites for hydroxylation is 2. The van der Waals surface area contributed by atoms with Crippen LogP contribution in [0.5, 0.6) is 0 Å². The fourth-order valence-corrected chi connectivity index (χ4v) is 1.71. The lowest BCUT2D eigenvalue weighted by Crippen LogP contribution is -2.23. The average Bonchev–Trinajstić information content (AvgIpc) is 2.48. The van der Waals surface area contributed by atoms with E-state index in [0.29, 0.717) is 12.1 Å². The fraction of sp³-hybridized carbons (Fsp3) is 0.333. The molecule has 1 aromatic carbocycles. The quantitative estimate of drug-likeness (QED) is 0.914. The molecular formula is C18H26N2O. The number of hydrogen-bond acceptors (Lipinski definition) is 2. The summed E-state index contributed by atoms with van der Waals surface area (Å²) >= 11 is 0. The molecule has 21 heavy (non-hydrogen) atoms. The lowest BCUT2D eigenvalue weighted by Gasteiger charge is -2.07. The van der Waals surface area contributed by atoms with Crippen molar-refractivity contribution in [3.63, 3.8) is 0 Å². The summed E-state index contributed by atoms with van der Waals surface area (Å²) in [5.74, 6) is -0.0822. The van der Waals surface area contributed by atoms with E-state index in [9.17, 15) is 4.79 Å². The number of benzene rings is 1. The number of amides is 1. The van der Waals surface area contributed by atoms with Crippen LogP contribution in [0.3, 0.4) is 0 Å². The number of aromatic nitrogens is 1. The van der Waals surface area contributed by atoms with Gasteiger partial charge in [0.05, 0.1) is 5.56 Å². The van der Waals surface area contributed by atoms with Gasteiger partial charge in [0.25, 0.3) is 5.91 Å². The van der Waals surface area contributed by atoms with Crippen LogP contribution in [0.2, 0.25) is 0 Å². The number of rotatable bonds is 3. The van der Waals surface area contributed by atoms with Crippen LogP contribution in [-0.4, -0.2) is 10.9 Å². The number of nitrogens with zero attached hydrogens (tertiary/aromatic N) is 1. The van der Waals surface area contributed by atoms with Crippen LogP contribution >= 0.6 is 0 Å². The average molecular weight is 286 g/mol. The summed E-state index contributed by atoms with van der Waals surface area (Å²) in [6.07, 6.45) is 2.94. The van der Waals surface area contributed by atoms with E-state index >= 15 is 0 Å². The van der Waals surface area contributed by atoms with Gasteiger partial charge in [-0.2, -0.15) is 0 Å². The van der Waals surface area contributed by atoms with Gasteiger partial charge in [0.1, 0.15) is 0 Å². The van der Waals surface area contributed by atoms with Crippen molar-refractivity contribution in [1.82, 2.24) is 10.3 Å². The van der Waals surface area contributed by atoms with Crippen molar-refractivity contribution in [3.8, 4) is 0 Å². The molecule has 1 amide bonds. The molecule has 1 N–H and O–H groups in total. The maximum atomic E-state index is 12.0. The Morgan fingerprint density at radius 2 is 1.76 bits per heavy atom. The van der Waals surface area contributed by atoms with Gasteiger partial charge in [0.15, 0.2) is 0 Å². The third-order valence-electron chi connectivity index (χ3n) is 2.83. The van der Waals surface area contributed by atoms with Crippen molar-refractivity contribution in [3.05, 3.63) is 65.0 Å². The van der Waals surface area contributed by atoms with Gasteiger partial charge in [-0.15, -0.1) is 0 Å². The van der Waals surface area contributed by atoms with Crippen LogP contribution in [0, 0.1) is 13.8 Å². The number of carbonyl (C=O) groups excluding carboxylic acids is 1. The van der Waals surface area contributed by atoms with Crippen molar-refractivity contribution >= 4 is 5.91 Å². The minimum Gasteiger partial charge on any atom is -0.348 e. The van der Waals surface area contributed by atoms with Crippen LogP contribution in [0.15, 0.2) is 42.6 Å². The molecule has 0 aliphatic heterocycles. The molecule has 2 rings (SSSR count). The molecule has 114 valence electrons. The summed E-state index contributed by atoms with van der Waals surface area (Å²) in [7, 11) is 0. The first kappa shape index (κ1) is 16.9. The van der Waals surface area contributed by atoms with Gasteiger partial charge in [-0.3, -0.25) is 9.78 Å². The third-order valence-corrected chi connectivity index (χ3v) is 2.83. The Kier molecular flexibility index (Phi) is 7.16. The Balaban J connectivity index is 0.00000102. The number of pyridine rings is 1. The molecule has 0 atom stereocenters. The first-order valence-corrected chi connectivity index (χ1v) is 7.33. The molecule has 1 aromatic heterocycles. The zero-order valence-electron chi connectivity index (χ0n) is 13.3. The van der Waals surface area contributed by atoms with Gasteiger partial charge in [0, 0.05) is 19.9 Å². The second-order valence-corrected chi connectivity index (χ2v) is 5.01. The highest BCUT2D eigenvalue weighted by Crippen LogP contribution is 2.05. The lowest BCUT2D eigenvalue weighted by atomic mass is 10.1. The van der Waals surface area contributed by atoms with Crippen molar-refractivity contribution in [1.29, 1.82) is 0 Å².